The van der Waals surface area contributed by atoms with Crippen LogP contribution in [0.4, 0.5) is 5.69 Å². The summed E-state index contributed by atoms with van der Waals surface area (Å²) in [5.41, 5.74) is 0.546. The van der Waals surface area contributed by atoms with Crippen molar-refractivity contribution in [3.05, 3.63) is 58.1 Å². The van der Waals surface area contributed by atoms with Crippen molar-refractivity contribution in [1.29, 1.82) is 0 Å². The van der Waals surface area contributed by atoms with E-state index in [0.29, 0.717) is 0 Å². The summed E-state index contributed by atoms with van der Waals surface area (Å²) in [6.07, 6.45) is 0. The summed E-state index contributed by atoms with van der Waals surface area (Å²) in [5.74, 6) is -0.258. The summed E-state index contributed by atoms with van der Waals surface area (Å²) in [6.45, 7) is 0.314. The first-order chi connectivity index (χ1) is 9.70. The molecule has 20 heavy (non-hydrogen) atoms. The standard InChI is InChI=1S/C13H10N2O5/c16-9-20-12-7-6-11(15(17)18)13(14-12)19-8-10-4-2-1-3-5-10/h1-7,9H,8H2. The van der Waals surface area contributed by atoms with Gasteiger partial charge >= 0.3 is 5.69 Å². The van der Waals surface area contributed by atoms with Gasteiger partial charge in [-0.1, -0.05) is 30.3 Å². The molecule has 0 radical (unpaired) electrons. The highest BCUT2D eigenvalue weighted by Gasteiger charge is 2.18. The molecule has 0 saturated heterocycles. The minimum Gasteiger partial charge on any atom is -0.468 e. The highest BCUT2D eigenvalue weighted by Crippen LogP contribution is 2.27. The Morgan fingerprint density at radius 1 is 1.20 bits per heavy atom. The highest BCUT2D eigenvalue weighted by molar-refractivity contribution is 5.47. The van der Waals surface area contributed by atoms with Gasteiger partial charge in [-0.05, 0) is 5.56 Å². The molecule has 0 aliphatic carbocycles. The zero-order valence-electron chi connectivity index (χ0n) is 10.3. The van der Waals surface area contributed by atoms with E-state index in [9.17, 15) is 14.9 Å². The fourth-order valence-electron chi connectivity index (χ4n) is 1.50. The Hall–Kier alpha value is -2.96. The molecule has 0 amide bonds. The van der Waals surface area contributed by atoms with Crippen molar-refractivity contribution >= 4 is 12.2 Å². The van der Waals surface area contributed by atoms with Crippen LogP contribution in [0.5, 0.6) is 11.8 Å². The van der Waals surface area contributed by atoms with Crippen molar-refractivity contribution in [2.45, 2.75) is 6.61 Å². The van der Waals surface area contributed by atoms with Gasteiger partial charge in [-0.15, -0.1) is 0 Å². The van der Waals surface area contributed by atoms with Gasteiger partial charge < -0.3 is 9.47 Å². The van der Waals surface area contributed by atoms with Gasteiger partial charge in [0.2, 0.25) is 5.88 Å². The van der Waals surface area contributed by atoms with Crippen molar-refractivity contribution in [2.24, 2.45) is 0 Å². The van der Waals surface area contributed by atoms with Crippen molar-refractivity contribution in [3.8, 4) is 11.8 Å². The first kappa shape index (κ1) is 13.5. The second-order valence-corrected chi connectivity index (χ2v) is 3.72. The molecule has 1 aromatic heterocycles. The number of nitro groups is 1. The van der Waals surface area contributed by atoms with Crippen LogP contribution >= 0.6 is 0 Å². The molecule has 2 aromatic rings. The van der Waals surface area contributed by atoms with Crippen LogP contribution in [0.1, 0.15) is 5.56 Å². The van der Waals surface area contributed by atoms with Gasteiger partial charge in [0.25, 0.3) is 12.4 Å². The maximum Gasteiger partial charge on any atom is 0.331 e. The van der Waals surface area contributed by atoms with Crippen LogP contribution in [0.3, 0.4) is 0 Å². The Bertz CT molecular complexity index is 615. The number of ether oxygens (including phenoxy) is 2. The maximum atomic E-state index is 10.9. The van der Waals surface area contributed by atoms with Crippen molar-refractivity contribution in [1.82, 2.24) is 4.98 Å². The summed E-state index contributed by atoms with van der Waals surface area (Å²) in [6, 6.07) is 11.5. The summed E-state index contributed by atoms with van der Waals surface area (Å²) in [5, 5.41) is 10.9. The van der Waals surface area contributed by atoms with E-state index in [1.54, 1.807) is 0 Å². The molecule has 102 valence electrons. The van der Waals surface area contributed by atoms with Gasteiger partial charge in [-0.3, -0.25) is 14.9 Å². The van der Waals surface area contributed by atoms with Gasteiger partial charge in [0.15, 0.2) is 0 Å². The molecule has 7 nitrogen and oxygen atoms in total. The largest absolute Gasteiger partial charge is 0.468 e. The highest BCUT2D eigenvalue weighted by atomic mass is 16.6. The zero-order chi connectivity index (χ0) is 14.4. The number of carbonyl (C=O) groups is 1. The Balaban J connectivity index is 2.21. The number of hydrogen-bond acceptors (Lipinski definition) is 6. The summed E-state index contributed by atoms with van der Waals surface area (Å²) < 4.78 is 9.86. The smallest absolute Gasteiger partial charge is 0.331 e. The molecule has 0 saturated carbocycles. The van der Waals surface area contributed by atoms with E-state index < -0.39 is 4.92 Å². The van der Waals surface area contributed by atoms with Gasteiger partial charge in [-0.25, -0.2) is 0 Å². The second kappa shape index (κ2) is 6.28. The first-order valence-corrected chi connectivity index (χ1v) is 5.63. The normalized spacial score (nSPS) is 9.80. The molecule has 0 unspecified atom stereocenters. The maximum absolute atomic E-state index is 10.9. The number of aromatic nitrogens is 1. The van der Waals surface area contributed by atoms with Gasteiger partial charge in [0.1, 0.15) is 6.61 Å². The zero-order valence-corrected chi connectivity index (χ0v) is 10.3. The third-order valence-electron chi connectivity index (χ3n) is 2.40. The lowest BCUT2D eigenvalue weighted by molar-refractivity contribution is -0.386. The molecule has 1 heterocycles. The number of pyridine rings is 1. The van der Waals surface area contributed by atoms with E-state index in [1.165, 1.54) is 12.1 Å². The Morgan fingerprint density at radius 2 is 1.95 bits per heavy atom. The molecule has 0 N–H and O–H groups in total. The average molecular weight is 274 g/mol. The minimum absolute atomic E-state index is 0.0614. The lowest BCUT2D eigenvalue weighted by atomic mass is 10.2. The minimum atomic E-state index is -0.613. The number of hydrogen-bond donors (Lipinski definition) is 0. The lowest BCUT2D eigenvalue weighted by Crippen LogP contribution is -2.02. The van der Waals surface area contributed by atoms with E-state index in [-0.39, 0.29) is 30.5 Å². The third kappa shape index (κ3) is 3.29. The monoisotopic (exact) mass is 274 g/mol. The lowest BCUT2D eigenvalue weighted by Gasteiger charge is -2.06. The van der Waals surface area contributed by atoms with Crippen molar-refractivity contribution < 1.29 is 19.2 Å². The molecule has 0 bridgehead atoms. The van der Waals surface area contributed by atoms with Crippen LogP contribution in [-0.2, 0) is 11.4 Å². The van der Waals surface area contributed by atoms with Gasteiger partial charge in [-0.2, -0.15) is 4.98 Å². The van der Waals surface area contributed by atoms with Gasteiger partial charge in [0.05, 0.1) is 4.92 Å². The van der Waals surface area contributed by atoms with E-state index >= 15 is 0 Å². The van der Waals surface area contributed by atoms with E-state index in [4.69, 9.17) is 4.74 Å². The molecular formula is C13H10N2O5. The summed E-state index contributed by atoms with van der Waals surface area (Å²) >= 11 is 0. The van der Waals surface area contributed by atoms with Crippen molar-refractivity contribution in [2.75, 3.05) is 0 Å². The quantitative estimate of drug-likeness (QED) is 0.455. The second-order valence-electron chi connectivity index (χ2n) is 3.72. The first-order valence-electron chi connectivity index (χ1n) is 5.63. The number of rotatable bonds is 6. The molecule has 0 atom stereocenters. The van der Waals surface area contributed by atoms with Crippen LogP contribution in [0.25, 0.3) is 0 Å². The van der Waals surface area contributed by atoms with E-state index in [1.807, 2.05) is 30.3 Å². The topological polar surface area (TPSA) is 91.6 Å². The Kier molecular flexibility index (Phi) is 4.23. The fraction of sp³-hybridized carbons (Fsp3) is 0.0769. The molecule has 0 aliphatic rings. The fourth-order valence-corrected chi connectivity index (χ4v) is 1.50. The predicted molar refractivity (Wildman–Crippen MR) is 68.4 cm³/mol. The summed E-state index contributed by atoms with van der Waals surface area (Å²) in [7, 11) is 0. The van der Waals surface area contributed by atoms with Crippen LogP contribution in [0.2, 0.25) is 0 Å². The average Bonchev–Trinajstić information content (AvgIpc) is 2.46. The SMILES string of the molecule is O=COc1ccc([N+](=O)[O-])c(OCc2ccccc2)n1. The number of carbonyl (C=O) groups excluding carboxylic acids is 1. The van der Waals surface area contributed by atoms with E-state index in [2.05, 4.69) is 9.72 Å². The number of nitrogens with zero attached hydrogens (tertiary/aromatic N) is 2. The van der Waals surface area contributed by atoms with Gasteiger partial charge in [0, 0.05) is 12.1 Å². The Labute approximate surface area is 113 Å². The molecule has 0 aliphatic heterocycles. The Morgan fingerprint density at radius 3 is 2.60 bits per heavy atom. The molecule has 1 aromatic carbocycles. The van der Waals surface area contributed by atoms with Crippen LogP contribution in [0.15, 0.2) is 42.5 Å². The molecule has 0 fully saturated rings. The van der Waals surface area contributed by atoms with E-state index in [0.717, 1.165) is 5.56 Å². The van der Waals surface area contributed by atoms with Crippen LogP contribution < -0.4 is 9.47 Å². The predicted octanol–water partition coefficient (Wildman–Crippen LogP) is 2.10. The molecule has 2 rings (SSSR count). The third-order valence-corrected chi connectivity index (χ3v) is 2.40. The summed E-state index contributed by atoms with van der Waals surface area (Å²) in [4.78, 5) is 24.3. The van der Waals surface area contributed by atoms with Crippen molar-refractivity contribution in [3.63, 3.8) is 0 Å². The van der Waals surface area contributed by atoms with Crippen LogP contribution in [0, 0.1) is 10.1 Å². The molecular weight excluding hydrogens is 264 g/mol. The van der Waals surface area contributed by atoms with Crippen LogP contribution in [-0.4, -0.2) is 16.4 Å². The number of benzene rings is 1. The molecule has 0 spiro atoms. The molecule has 7 heteroatoms.